The first-order chi connectivity index (χ1) is 8.17. The second kappa shape index (κ2) is 5.08. The van der Waals surface area contributed by atoms with Crippen LogP contribution in [0, 0.1) is 12.3 Å². The van der Waals surface area contributed by atoms with Crippen molar-refractivity contribution in [3.8, 4) is 0 Å². The second-order valence-corrected chi connectivity index (χ2v) is 5.06. The van der Waals surface area contributed by atoms with Gasteiger partial charge in [0.05, 0.1) is 5.69 Å². The minimum absolute atomic E-state index is 0.0745. The van der Waals surface area contributed by atoms with E-state index in [-0.39, 0.29) is 11.3 Å². The molecule has 1 N–H and O–H groups in total. The predicted octanol–water partition coefficient (Wildman–Crippen LogP) is 2.51. The molecule has 1 aliphatic rings. The van der Waals surface area contributed by atoms with Gasteiger partial charge < -0.3 is 9.73 Å². The maximum absolute atomic E-state index is 11.9. The van der Waals surface area contributed by atoms with Crippen molar-refractivity contribution in [1.29, 1.82) is 0 Å². The third-order valence-corrected chi connectivity index (χ3v) is 4.09. The standard InChI is InChI=1S/C12H17ClN2O2/c1-9-10(17-8-15-9)11(16)14-7-12(6-13)4-2-3-5-12/h8H,2-7H2,1H3,(H,14,16). The molecule has 2 rings (SSSR count). The van der Waals surface area contributed by atoms with Gasteiger partial charge in [0.15, 0.2) is 6.39 Å². The number of rotatable bonds is 4. The first kappa shape index (κ1) is 12.4. The van der Waals surface area contributed by atoms with Crippen molar-refractivity contribution < 1.29 is 9.21 Å². The molecule has 0 unspecified atom stereocenters. The van der Waals surface area contributed by atoms with Gasteiger partial charge in [-0.3, -0.25) is 4.79 Å². The molecule has 0 aromatic carbocycles. The van der Waals surface area contributed by atoms with Gasteiger partial charge in [-0.05, 0) is 19.8 Å². The van der Waals surface area contributed by atoms with Crippen molar-refractivity contribution in [3.63, 3.8) is 0 Å². The molecule has 1 heterocycles. The summed E-state index contributed by atoms with van der Waals surface area (Å²) in [5, 5.41) is 2.90. The SMILES string of the molecule is Cc1ncoc1C(=O)NCC1(CCl)CCCC1. The molecule has 1 amide bonds. The number of aryl methyl sites for hydroxylation is 1. The molecule has 0 bridgehead atoms. The molecule has 0 saturated heterocycles. The average molecular weight is 257 g/mol. The van der Waals surface area contributed by atoms with E-state index in [0.29, 0.717) is 23.9 Å². The third kappa shape index (κ3) is 2.63. The number of amides is 1. The summed E-state index contributed by atoms with van der Waals surface area (Å²) in [5.74, 6) is 0.701. The molecular formula is C12H17ClN2O2. The number of carbonyl (C=O) groups excluding carboxylic acids is 1. The van der Waals surface area contributed by atoms with Crippen molar-refractivity contribution in [2.24, 2.45) is 5.41 Å². The summed E-state index contributed by atoms with van der Waals surface area (Å²) >= 11 is 6.02. The lowest BCUT2D eigenvalue weighted by Crippen LogP contribution is -2.37. The molecule has 94 valence electrons. The molecule has 0 aliphatic heterocycles. The number of alkyl halides is 1. The Balaban J connectivity index is 1.94. The molecule has 0 atom stereocenters. The van der Waals surface area contributed by atoms with E-state index in [1.54, 1.807) is 6.92 Å². The van der Waals surface area contributed by atoms with E-state index in [1.807, 2.05) is 0 Å². The molecule has 0 spiro atoms. The molecular weight excluding hydrogens is 240 g/mol. The normalized spacial score (nSPS) is 18.2. The maximum atomic E-state index is 11.9. The lowest BCUT2D eigenvalue weighted by Gasteiger charge is -2.26. The minimum Gasteiger partial charge on any atom is -0.438 e. The van der Waals surface area contributed by atoms with Crippen LogP contribution in [0.25, 0.3) is 0 Å². The number of oxazole rings is 1. The van der Waals surface area contributed by atoms with Crippen LogP contribution in [0.3, 0.4) is 0 Å². The number of hydrogen-bond donors (Lipinski definition) is 1. The van der Waals surface area contributed by atoms with E-state index in [2.05, 4.69) is 10.3 Å². The molecule has 1 aromatic heterocycles. The van der Waals surface area contributed by atoms with Crippen LogP contribution in [0.4, 0.5) is 0 Å². The van der Waals surface area contributed by atoms with Gasteiger partial charge in [0, 0.05) is 17.8 Å². The molecule has 1 aromatic rings. The Morgan fingerprint density at radius 1 is 1.59 bits per heavy atom. The smallest absolute Gasteiger partial charge is 0.289 e. The fraction of sp³-hybridized carbons (Fsp3) is 0.667. The Labute approximate surface area is 106 Å². The zero-order chi connectivity index (χ0) is 12.3. The van der Waals surface area contributed by atoms with Gasteiger partial charge in [0.2, 0.25) is 5.76 Å². The molecule has 5 heteroatoms. The third-order valence-electron chi connectivity index (χ3n) is 3.52. The van der Waals surface area contributed by atoms with Crippen LogP contribution in [-0.4, -0.2) is 23.3 Å². The highest BCUT2D eigenvalue weighted by atomic mass is 35.5. The van der Waals surface area contributed by atoms with Crippen LogP contribution in [0.5, 0.6) is 0 Å². The van der Waals surface area contributed by atoms with Crippen LogP contribution in [0.2, 0.25) is 0 Å². The quantitative estimate of drug-likeness (QED) is 0.843. The summed E-state index contributed by atoms with van der Waals surface area (Å²) in [4.78, 5) is 15.8. The zero-order valence-corrected chi connectivity index (χ0v) is 10.7. The predicted molar refractivity (Wildman–Crippen MR) is 65.2 cm³/mol. The molecule has 17 heavy (non-hydrogen) atoms. The first-order valence-electron chi connectivity index (χ1n) is 5.91. The first-order valence-corrected chi connectivity index (χ1v) is 6.45. The molecule has 0 radical (unpaired) electrons. The van der Waals surface area contributed by atoms with Crippen molar-refractivity contribution in [1.82, 2.24) is 10.3 Å². The van der Waals surface area contributed by atoms with Gasteiger partial charge in [-0.25, -0.2) is 4.98 Å². The number of nitrogens with zero attached hydrogens (tertiary/aromatic N) is 1. The van der Waals surface area contributed by atoms with Crippen LogP contribution in [0.15, 0.2) is 10.8 Å². The van der Waals surface area contributed by atoms with Crippen LogP contribution >= 0.6 is 11.6 Å². The number of aromatic nitrogens is 1. The summed E-state index contributed by atoms with van der Waals surface area (Å²) in [6.45, 7) is 2.38. The van der Waals surface area contributed by atoms with Crippen LogP contribution in [-0.2, 0) is 0 Å². The maximum Gasteiger partial charge on any atom is 0.289 e. The van der Waals surface area contributed by atoms with Crippen molar-refractivity contribution in [2.75, 3.05) is 12.4 Å². The summed E-state index contributed by atoms with van der Waals surface area (Å²) in [6.07, 6.45) is 5.86. The summed E-state index contributed by atoms with van der Waals surface area (Å²) < 4.78 is 5.05. The highest BCUT2D eigenvalue weighted by Crippen LogP contribution is 2.38. The van der Waals surface area contributed by atoms with E-state index in [4.69, 9.17) is 16.0 Å². The van der Waals surface area contributed by atoms with Gasteiger partial charge in [0.25, 0.3) is 5.91 Å². The molecule has 1 aliphatic carbocycles. The van der Waals surface area contributed by atoms with Crippen LogP contribution < -0.4 is 5.32 Å². The highest BCUT2D eigenvalue weighted by Gasteiger charge is 2.33. The topological polar surface area (TPSA) is 55.1 Å². The average Bonchev–Trinajstić information content (AvgIpc) is 2.95. The van der Waals surface area contributed by atoms with E-state index in [9.17, 15) is 4.79 Å². The van der Waals surface area contributed by atoms with Gasteiger partial charge in [-0.2, -0.15) is 0 Å². The fourth-order valence-corrected chi connectivity index (χ4v) is 2.71. The number of hydrogen-bond acceptors (Lipinski definition) is 3. The Hall–Kier alpha value is -1.03. The van der Waals surface area contributed by atoms with Gasteiger partial charge in [-0.15, -0.1) is 11.6 Å². The lowest BCUT2D eigenvalue weighted by atomic mass is 9.88. The largest absolute Gasteiger partial charge is 0.438 e. The number of carbonyl (C=O) groups is 1. The molecule has 1 saturated carbocycles. The number of halogens is 1. The van der Waals surface area contributed by atoms with Gasteiger partial charge in [-0.1, -0.05) is 12.8 Å². The Bertz CT molecular complexity index is 397. The summed E-state index contributed by atoms with van der Waals surface area (Å²) in [7, 11) is 0. The second-order valence-electron chi connectivity index (χ2n) is 4.79. The summed E-state index contributed by atoms with van der Waals surface area (Å²) in [5.41, 5.74) is 0.694. The lowest BCUT2D eigenvalue weighted by molar-refractivity contribution is 0.0906. The Morgan fingerprint density at radius 2 is 2.29 bits per heavy atom. The number of nitrogens with one attached hydrogen (secondary N) is 1. The van der Waals surface area contributed by atoms with Crippen molar-refractivity contribution in [2.45, 2.75) is 32.6 Å². The Kier molecular flexibility index (Phi) is 3.72. The highest BCUT2D eigenvalue weighted by molar-refractivity contribution is 6.18. The van der Waals surface area contributed by atoms with Gasteiger partial charge >= 0.3 is 0 Å². The van der Waals surface area contributed by atoms with Crippen molar-refractivity contribution >= 4 is 17.5 Å². The van der Waals surface area contributed by atoms with Gasteiger partial charge in [0.1, 0.15) is 0 Å². The molecule has 1 fully saturated rings. The molecule has 4 nitrogen and oxygen atoms in total. The van der Waals surface area contributed by atoms with E-state index >= 15 is 0 Å². The monoisotopic (exact) mass is 256 g/mol. The van der Waals surface area contributed by atoms with E-state index in [0.717, 1.165) is 12.8 Å². The Morgan fingerprint density at radius 3 is 2.82 bits per heavy atom. The van der Waals surface area contributed by atoms with Crippen LogP contribution in [0.1, 0.15) is 41.9 Å². The zero-order valence-electron chi connectivity index (χ0n) is 9.96. The summed E-state index contributed by atoms with van der Waals surface area (Å²) in [6, 6.07) is 0. The van der Waals surface area contributed by atoms with Crippen molar-refractivity contribution in [3.05, 3.63) is 17.8 Å². The van der Waals surface area contributed by atoms with E-state index in [1.165, 1.54) is 19.2 Å². The fourth-order valence-electron chi connectivity index (χ4n) is 2.35. The minimum atomic E-state index is -0.198. The van der Waals surface area contributed by atoms with E-state index < -0.39 is 0 Å².